The summed E-state index contributed by atoms with van der Waals surface area (Å²) in [7, 11) is 0. The van der Waals surface area contributed by atoms with Gasteiger partial charge in [-0.3, -0.25) is 19.4 Å². The Balaban J connectivity index is 2.26. The molecule has 8 heteroatoms. The summed E-state index contributed by atoms with van der Waals surface area (Å²) < 4.78 is 0. The van der Waals surface area contributed by atoms with Crippen molar-refractivity contribution in [2.24, 2.45) is 5.73 Å². The quantitative estimate of drug-likeness (QED) is 0.458. The normalized spacial score (nSPS) is 11.7. The van der Waals surface area contributed by atoms with E-state index < -0.39 is 11.9 Å². The van der Waals surface area contributed by atoms with E-state index in [-0.39, 0.29) is 18.2 Å². The molecule has 0 aliphatic heterocycles. The Hall–Kier alpha value is -1.96. The highest BCUT2D eigenvalue weighted by atomic mass is 32.1. The van der Waals surface area contributed by atoms with Crippen LogP contribution < -0.4 is 16.4 Å². The second-order valence-electron chi connectivity index (χ2n) is 5.96. The Morgan fingerprint density at radius 2 is 1.96 bits per heavy atom. The minimum absolute atomic E-state index is 0.139. The maximum absolute atomic E-state index is 11.9. The third-order valence-electron chi connectivity index (χ3n) is 3.75. The molecule has 4 N–H and O–H groups in total. The monoisotopic (exact) mass is 368 g/mol. The Morgan fingerprint density at radius 1 is 1.20 bits per heavy atom. The van der Waals surface area contributed by atoms with Crippen LogP contribution in [0.25, 0.3) is 0 Å². The molecule has 0 spiro atoms. The van der Waals surface area contributed by atoms with Gasteiger partial charge in [0.2, 0.25) is 17.7 Å². The fourth-order valence-electron chi connectivity index (χ4n) is 2.33. The van der Waals surface area contributed by atoms with E-state index in [1.807, 2.05) is 0 Å². The molecule has 1 aromatic rings. The van der Waals surface area contributed by atoms with E-state index >= 15 is 0 Å². The smallest absolute Gasteiger partial charge is 0.240 e. The zero-order chi connectivity index (χ0) is 18.5. The molecule has 0 unspecified atom stereocenters. The summed E-state index contributed by atoms with van der Waals surface area (Å²) in [6.45, 7) is 2.59. The first kappa shape index (κ1) is 21.1. The van der Waals surface area contributed by atoms with Crippen LogP contribution in [0.5, 0.6) is 0 Å². The zero-order valence-electron chi connectivity index (χ0n) is 14.8. The molecule has 3 amide bonds. The lowest BCUT2D eigenvalue weighted by atomic mass is 10.1. The third-order valence-corrected chi connectivity index (χ3v) is 4.59. The first-order chi connectivity index (χ1) is 12.0. The Bertz CT molecular complexity index is 534. The summed E-state index contributed by atoms with van der Waals surface area (Å²) in [6.07, 6.45) is 7.82. The van der Waals surface area contributed by atoms with Crippen LogP contribution in [0.1, 0.15) is 56.7 Å². The van der Waals surface area contributed by atoms with Gasteiger partial charge in [-0.25, -0.2) is 0 Å². The number of hydrogen-bond acceptors (Lipinski definition) is 5. The summed E-state index contributed by atoms with van der Waals surface area (Å²) in [6, 6.07) is -0.966. The van der Waals surface area contributed by atoms with Gasteiger partial charge in [0.25, 0.3) is 0 Å². The van der Waals surface area contributed by atoms with E-state index in [1.165, 1.54) is 11.3 Å². The van der Waals surface area contributed by atoms with Crippen LogP contribution >= 0.6 is 11.3 Å². The fourth-order valence-corrected chi connectivity index (χ4v) is 2.93. The lowest BCUT2D eigenvalue weighted by Gasteiger charge is -2.15. The van der Waals surface area contributed by atoms with E-state index in [9.17, 15) is 14.4 Å². The number of carbonyl (C=O) groups is 3. The predicted octanol–water partition coefficient (Wildman–Crippen LogP) is 1.52. The Morgan fingerprint density at radius 3 is 2.60 bits per heavy atom. The lowest BCUT2D eigenvalue weighted by molar-refractivity contribution is -0.130. The van der Waals surface area contributed by atoms with Gasteiger partial charge in [-0.15, -0.1) is 11.3 Å². The molecule has 0 radical (unpaired) electrons. The summed E-state index contributed by atoms with van der Waals surface area (Å²) in [4.78, 5) is 40.3. The molecule has 0 aliphatic carbocycles. The van der Waals surface area contributed by atoms with E-state index in [1.54, 1.807) is 11.7 Å². The largest absolute Gasteiger partial charge is 0.368 e. The summed E-state index contributed by atoms with van der Waals surface area (Å²) in [5.74, 6) is -1.24. The first-order valence-corrected chi connectivity index (χ1v) is 9.63. The number of amides is 3. The van der Waals surface area contributed by atoms with Gasteiger partial charge < -0.3 is 16.4 Å². The lowest BCUT2D eigenvalue weighted by Crippen LogP contribution is -2.47. The number of primary amides is 1. The number of thiazole rings is 1. The topological polar surface area (TPSA) is 114 Å². The molecule has 140 valence electrons. The van der Waals surface area contributed by atoms with E-state index in [4.69, 9.17) is 5.73 Å². The SMILES string of the molecule is CCCCCCCC(=O)N[C@H](CC(=O)NCCc1cncs1)C(N)=O. The van der Waals surface area contributed by atoms with Crippen molar-refractivity contribution in [3.05, 3.63) is 16.6 Å². The van der Waals surface area contributed by atoms with Crippen molar-refractivity contribution in [1.29, 1.82) is 0 Å². The van der Waals surface area contributed by atoms with E-state index in [0.717, 1.165) is 37.0 Å². The highest BCUT2D eigenvalue weighted by Crippen LogP contribution is 2.06. The number of unbranched alkanes of at least 4 members (excludes halogenated alkanes) is 4. The predicted molar refractivity (Wildman–Crippen MR) is 97.9 cm³/mol. The summed E-state index contributed by atoms with van der Waals surface area (Å²) >= 11 is 1.52. The zero-order valence-corrected chi connectivity index (χ0v) is 15.6. The van der Waals surface area contributed by atoms with E-state index in [2.05, 4.69) is 22.5 Å². The Kier molecular flexibility index (Phi) is 10.5. The van der Waals surface area contributed by atoms with Crippen molar-refractivity contribution in [1.82, 2.24) is 15.6 Å². The fraction of sp³-hybridized carbons (Fsp3) is 0.647. The molecule has 0 bridgehead atoms. The number of nitrogens with one attached hydrogen (secondary N) is 2. The van der Waals surface area contributed by atoms with Crippen LogP contribution in [0.3, 0.4) is 0 Å². The second-order valence-corrected chi connectivity index (χ2v) is 6.93. The van der Waals surface area contributed by atoms with Gasteiger partial charge in [0.15, 0.2) is 0 Å². The number of hydrogen-bond donors (Lipinski definition) is 3. The average Bonchev–Trinajstić information content (AvgIpc) is 3.07. The second kappa shape index (κ2) is 12.4. The highest BCUT2D eigenvalue weighted by Gasteiger charge is 2.21. The molecule has 0 aromatic carbocycles. The van der Waals surface area contributed by atoms with Crippen molar-refractivity contribution < 1.29 is 14.4 Å². The van der Waals surface area contributed by atoms with Crippen LogP contribution in [0.2, 0.25) is 0 Å². The van der Waals surface area contributed by atoms with Crippen LogP contribution in [0.4, 0.5) is 0 Å². The molecule has 25 heavy (non-hydrogen) atoms. The molecular formula is C17H28N4O3S. The minimum atomic E-state index is -0.966. The number of carbonyl (C=O) groups excluding carboxylic acids is 3. The van der Waals surface area contributed by atoms with Gasteiger partial charge in [-0.2, -0.15) is 0 Å². The number of nitrogens with zero attached hydrogens (tertiary/aromatic N) is 1. The van der Waals surface area contributed by atoms with Gasteiger partial charge in [0.05, 0.1) is 11.9 Å². The maximum atomic E-state index is 11.9. The Labute approximate surface area is 152 Å². The molecule has 0 aliphatic rings. The molecular weight excluding hydrogens is 340 g/mol. The third kappa shape index (κ3) is 9.81. The molecule has 7 nitrogen and oxygen atoms in total. The van der Waals surface area contributed by atoms with Crippen molar-refractivity contribution >= 4 is 29.1 Å². The molecule has 1 rings (SSSR count). The average molecular weight is 369 g/mol. The summed E-state index contributed by atoms with van der Waals surface area (Å²) in [5.41, 5.74) is 7.03. The standard InChI is InChI=1S/C17H28N4O3S/c1-2-3-4-5-6-7-15(22)21-14(17(18)24)10-16(23)20-9-8-13-11-19-12-25-13/h11-12,14H,2-10H2,1H3,(H2,18,24)(H,20,23)(H,21,22)/t14-/m1/s1. The molecule has 1 aromatic heterocycles. The van der Waals surface area contributed by atoms with Crippen molar-refractivity contribution in [3.8, 4) is 0 Å². The van der Waals surface area contributed by atoms with Crippen LogP contribution in [0, 0.1) is 0 Å². The molecule has 0 saturated heterocycles. The van der Waals surface area contributed by atoms with Crippen molar-refractivity contribution in [3.63, 3.8) is 0 Å². The van der Waals surface area contributed by atoms with Gasteiger partial charge in [0.1, 0.15) is 6.04 Å². The van der Waals surface area contributed by atoms with Crippen LogP contribution in [-0.2, 0) is 20.8 Å². The number of nitrogens with two attached hydrogens (primary N) is 1. The van der Waals surface area contributed by atoms with Crippen molar-refractivity contribution in [2.75, 3.05) is 6.54 Å². The van der Waals surface area contributed by atoms with Crippen LogP contribution in [-0.4, -0.2) is 35.3 Å². The van der Waals surface area contributed by atoms with Gasteiger partial charge >= 0.3 is 0 Å². The highest BCUT2D eigenvalue weighted by molar-refractivity contribution is 7.09. The molecule has 1 heterocycles. The number of aromatic nitrogens is 1. The van der Waals surface area contributed by atoms with Gasteiger partial charge in [0, 0.05) is 30.5 Å². The molecule has 1 atom stereocenters. The van der Waals surface area contributed by atoms with Gasteiger partial charge in [-0.05, 0) is 6.42 Å². The molecule has 0 saturated carbocycles. The van der Waals surface area contributed by atoms with E-state index in [0.29, 0.717) is 19.4 Å². The maximum Gasteiger partial charge on any atom is 0.240 e. The summed E-state index contributed by atoms with van der Waals surface area (Å²) in [5, 5.41) is 5.29. The van der Waals surface area contributed by atoms with Crippen molar-refractivity contribution in [2.45, 2.75) is 64.3 Å². The minimum Gasteiger partial charge on any atom is -0.368 e. The first-order valence-electron chi connectivity index (χ1n) is 8.75. The number of rotatable bonds is 13. The van der Waals surface area contributed by atoms with Crippen LogP contribution in [0.15, 0.2) is 11.7 Å². The van der Waals surface area contributed by atoms with Gasteiger partial charge in [-0.1, -0.05) is 32.6 Å². The molecule has 0 fully saturated rings.